The van der Waals surface area contributed by atoms with Crippen molar-refractivity contribution < 1.29 is 24.1 Å². The quantitative estimate of drug-likeness (QED) is 0.239. The maximum absolute atomic E-state index is 13.7. The van der Waals surface area contributed by atoms with Gasteiger partial charge in [0.05, 0.1) is 13.7 Å². The van der Waals surface area contributed by atoms with Gasteiger partial charge in [0, 0.05) is 36.5 Å². The van der Waals surface area contributed by atoms with Crippen LogP contribution in [-0.2, 0) is 16.0 Å². The summed E-state index contributed by atoms with van der Waals surface area (Å²) in [4.78, 5) is 18.7. The Bertz CT molecular complexity index is 1230. The van der Waals surface area contributed by atoms with Crippen LogP contribution in [0.4, 0.5) is 0 Å². The Hall–Kier alpha value is -3.40. The number of ether oxygens (including phenoxy) is 3. The number of carbonyl (C=O) groups is 1. The maximum atomic E-state index is 13.7. The van der Waals surface area contributed by atoms with Crippen molar-refractivity contribution in [1.82, 2.24) is 10.9 Å². The number of hydrogen-bond donors (Lipinski definition) is 3. The minimum atomic E-state index is -1.30. The van der Waals surface area contributed by atoms with Crippen molar-refractivity contribution >= 4 is 27.7 Å². The van der Waals surface area contributed by atoms with Crippen molar-refractivity contribution in [3.8, 4) is 11.5 Å². The Morgan fingerprint density at radius 2 is 1.86 bits per heavy atom. The summed E-state index contributed by atoms with van der Waals surface area (Å²) in [6.07, 6.45) is 0.149. The molecule has 0 unspecified atom stereocenters. The highest BCUT2D eigenvalue weighted by atomic mass is 79.9. The third kappa shape index (κ3) is 6.12. The van der Waals surface area contributed by atoms with Crippen LogP contribution in [-0.4, -0.2) is 49.8 Å². The molecule has 0 bridgehead atoms. The van der Waals surface area contributed by atoms with Crippen LogP contribution in [0.15, 0.2) is 82.3 Å². The lowest BCUT2D eigenvalue weighted by molar-refractivity contribution is -0.129. The predicted octanol–water partition coefficient (Wildman–Crippen LogP) is 3.97. The first-order valence-electron chi connectivity index (χ1n) is 12.0. The average molecular weight is 568 g/mol. The molecule has 0 spiro atoms. The zero-order valence-corrected chi connectivity index (χ0v) is 22.3. The molecule has 3 aromatic carbocycles. The van der Waals surface area contributed by atoms with Crippen molar-refractivity contribution in [2.45, 2.75) is 24.5 Å². The third-order valence-electron chi connectivity index (χ3n) is 6.05. The molecule has 1 amide bonds. The number of benzene rings is 3. The monoisotopic (exact) mass is 567 g/mol. The van der Waals surface area contributed by atoms with E-state index in [9.17, 15) is 4.79 Å². The highest BCUT2D eigenvalue weighted by molar-refractivity contribution is 9.10. The fourth-order valence-corrected chi connectivity index (χ4v) is 4.49. The Kier molecular flexibility index (Phi) is 8.81. The number of nitrogens with zero attached hydrogens (tertiary/aromatic N) is 1. The smallest absolute Gasteiger partial charge is 0.266 e. The van der Waals surface area contributed by atoms with Gasteiger partial charge in [0.2, 0.25) is 5.90 Å². The molecule has 0 fully saturated rings. The summed E-state index contributed by atoms with van der Waals surface area (Å²) in [7, 11) is 3.24. The van der Waals surface area contributed by atoms with Crippen molar-refractivity contribution in [2.24, 2.45) is 4.99 Å². The van der Waals surface area contributed by atoms with Gasteiger partial charge in [0.1, 0.15) is 11.5 Å². The lowest BCUT2D eigenvalue weighted by Gasteiger charge is -2.30. The minimum absolute atomic E-state index is 0.0729. The van der Waals surface area contributed by atoms with Crippen LogP contribution in [0, 0.1) is 0 Å². The van der Waals surface area contributed by atoms with Crippen LogP contribution >= 0.6 is 15.9 Å². The number of aliphatic imine (C=N–C) groups is 1. The maximum Gasteiger partial charge on any atom is 0.266 e. The molecule has 4 rings (SSSR count). The molecule has 0 aromatic heterocycles. The van der Waals surface area contributed by atoms with E-state index in [0.717, 1.165) is 21.2 Å². The summed E-state index contributed by atoms with van der Waals surface area (Å²) < 4.78 is 18.5. The summed E-state index contributed by atoms with van der Waals surface area (Å²) in [5, 5.41) is 8.98. The first-order valence-corrected chi connectivity index (χ1v) is 12.7. The Morgan fingerprint density at radius 3 is 2.54 bits per heavy atom. The molecular formula is C28H30BrN3O5. The molecule has 1 aliphatic rings. The molecule has 3 N–H and O–H groups in total. The zero-order chi connectivity index (χ0) is 26.3. The molecule has 9 heteroatoms. The fraction of sp³-hybridized carbons (Fsp3) is 0.286. The molecule has 1 heterocycles. The molecule has 0 saturated heterocycles. The number of rotatable bonds is 11. The molecule has 0 radical (unpaired) electrons. The molecular weight excluding hydrogens is 538 g/mol. The average Bonchev–Trinajstić information content (AvgIpc) is 3.31. The van der Waals surface area contributed by atoms with E-state index in [1.54, 1.807) is 14.2 Å². The molecule has 1 aliphatic heterocycles. The largest absolute Gasteiger partial charge is 0.497 e. The van der Waals surface area contributed by atoms with Crippen LogP contribution in [0.5, 0.6) is 11.5 Å². The number of hydrogen-bond acceptors (Lipinski definition) is 7. The third-order valence-corrected chi connectivity index (χ3v) is 6.58. The van der Waals surface area contributed by atoms with E-state index in [-0.39, 0.29) is 12.5 Å². The summed E-state index contributed by atoms with van der Waals surface area (Å²) in [6, 6.07) is 22.6. The lowest BCUT2D eigenvalue weighted by atomic mass is 9.82. The SMILES string of the molecule is CNNC(=O)[C@@]1(Cc2ccc(Br)cc2)N=C(c2ccc(OCCCO)cc2)O[C@H]1c1cccc(OC)c1. The van der Waals surface area contributed by atoms with Crippen molar-refractivity contribution in [2.75, 3.05) is 27.4 Å². The lowest BCUT2D eigenvalue weighted by Crippen LogP contribution is -2.53. The number of nitrogens with one attached hydrogen (secondary N) is 2. The number of aliphatic hydroxyl groups excluding tert-OH is 1. The molecule has 2 atom stereocenters. The topological polar surface area (TPSA) is 101 Å². The van der Waals surface area contributed by atoms with Crippen LogP contribution in [0.2, 0.25) is 0 Å². The molecule has 0 saturated carbocycles. The number of hydrazine groups is 1. The molecule has 0 aliphatic carbocycles. The summed E-state index contributed by atoms with van der Waals surface area (Å²) >= 11 is 3.48. The number of methoxy groups -OCH3 is 1. The van der Waals surface area contributed by atoms with Crippen molar-refractivity contribution in [3.05, 3.63) is 94.0 Å². The van der Waals surface area contributed by atoms with E-state index >= 15 is 0 Å². The Labute approximate surface area is 224 Å². The van der Waals surface area contributed by atoms with Gasteiger partial charge in [0.25, 0.3) is 5.91 Å². The van der Waals surface area contributed by atoms with E-state index < -0.39 is 11.6 Å². The van der Waals surface area contributed by atoms with Gasteiger partial charge in [-0.2, -0.15) is 0 Å². The number of aliphatic hydroxyl groups is 1. The standard InChI is InChI=1S/C28H30BrN3O5/c1-30-32-27(34)28(18-19-7-11-22(29)12-8-19)25(21-5-3-6-24(17-21)35-2)37-26(31-28)20-9-13-23(14-10-20)36-16-4-15-33/h3,5-14,17,25,30,33H,4,15-16,18H2,1-2H3,(H,32,34)/t25-,28-/m0/s1. The highest BCUT2D eigenvalue weighted by Gasteiger charge is 2.53. The van der Waals surface area contributed by atoms with Crippen molar-refractivity contribution in [1.29, 1.82) is 0 Å². The van der Waals surface area contributed by atoms with Gasteiger partial charge < -0.3 is 19.3 Å². The number of amides is 1. The van der Waals surface area contributed by atoms with Crippen LogP contribution in [0.25, 0.3) is 0 Å². The second kappa shape index (κ2) is 12.2. The first kappa shape index (κ1) is 26.7. The molecule has 3 aromatic rings. The van der Waals surface area contributed by atoms with Crippen LogP contribution < -0.4 is 20.3 Å². The Morgan fingerprint density at radius 1 is 1.11 bits per heavy atom. The summed E-state index contributed by atoms with van der Waals surface area (Å²) in [6.45, 7) is 0.495. The van der Waals surface area contributed by atoms with Crippen LogP contribution in [0.3, 0.4) is 0 Å². The van der Waals surface area contributed by atoms with Gasteiger partial charge in [-0.05, 0) is 59.7 Å². The molecule has 37 heavy (non-hydrogen) atoms. The number of carbonyl (C=O) groups excluding carboxylic acids is 1. The Balaban J connectivity index is 1.77. The van der Waals surface area contributed by atoms with Crippen molar-refractivity contribution in [3.63, 3.8) is 0 Å². The zero-order valence-electron chi connectivity index (χ0n) is 20.7. The van der Waals surface area contributed by atoms with Crippen LogP contribution in [0.1, 0.15) is 29.2 Å². The van der Waals surface area contributed by atoms with Gasteiger partial charge in [-0.3, -0.25) is 10.2 Å². The minimum Gasteiger partial charge on any atom is -0.497 e. The fourth-order valence-electron chi connectivity index (χ4n) is 4.22. The van der Waals surface area contributed by atoms with E-state index in [4.69, 9.17) is 24.3 Å². The second-order valence-corrected chi connectivity index (χ2v) is 9.49. The van der Waals surface area contributed by atoms with E-state index in [0.29, 0.717) is 36.8 Å². The highest BCUT2D eigenvalue weighted by Crippen LogP contribution is 2.43. The van der Waals surface area contributed by atoms with Gasteiger partial charge >= 0.3 is 0 Å². The predicted molar refractivity (Wildman–Crippen MR) is 145 cm³/mol. The number of halogens is 1. The van der Waals surface area contributed by atoms with E-state index in [2.05, 4.69) is 26.8 Å². The summed E-state index contributed by atoms with van der Waals surface area (Å²) in [5.74, 6) is 1.38. The molecule has 194 valence electrons. The second-order valence-electron chi connectivity index (χ2n) is 8.57. The van der Waals surface area contributed by atoms with E-state index in [1.165, 1.54) is 0 Å². The first-order chi connectivity index (χ1) is 18.0. The molecule has 8 nitrogen and oxygen atoms in total. The normalized spacial score (nSPS) is 18.6. The van der Waals surface area contributed by atoms with E-state index in [1.807, 2.05) is 72.8 Å². The summed E-state index contributed by atoms with van der Waals surface area (Å²) in [5.41, 5.74) is 6.62. The van der Waals surface area contributed by atoms with Gasteiger partial charge in [-0.15, -0.1) is 0 Å². The van der Waals surface area contributed by atoms with Gasteiger partial charge in [-0.25, -0.2) is 10.4 Å². The van der Waals surface area contributed by atoms with Gasteiger partial charge in [-0.1, -0.05) is 40.2 Å². The van der Waals surface area contributed by atoms with Gasteiger partial charge in [0.15, 0.2) is 11.6 Å².